The van der Waals surface area contributed by atoms with Crippen molar-refractivity contribution in [3.05, 3.63) is 28.2 Å². The molecule has 0 saturated carbocycles. The number of benzene rings is 1. The van der Waals surface area contributed by atoms with Crippen LogP contribution in [-0.2, 0) is 11.3 Å². The Bertz CT molecular complexity index is 473. The number of carbonyl (C=O) groups excluding carboxylic acids is 1. The van der Waals surface area contributed by atoms with E-state index in [0.29, 0.717) is 24.8 Å². The Labute approximate surface area is 123 Å². The first-order valence-electron chi connectivity index (χ1n) is 6.61. The van der Waals surface area contributed by atoms with E-state index in [1.54, 1.807) is 7.11 Å². The largest absolute Gasteiger partial charge is 0.496 e. The van der Waals surface area contributed by atoms with Crippen LogP contribution in [0.3, 0.4) is 0 Å². The van der Waals surface area contributed by atoms with E-state index in [4.69, 9.17) is 4.74 Å². The zero-order valence-corrected chi connectivity index (χ0v) is 13.2. The van der Waals surface area contributed by atoms with Crippen LogP contribution in [0, 0.1) is 11.8 Å². The topological polar surface area (TPSA) is 29.5 Å². The number of likely N-dealkylation sites (tertiary alicyclic amines) is 1. The van der Waals surface area contributed by atoms with Gasteiger partial charge in [-0.15, -0.1) is 0 Å². The number of amides is 1. The molecular formula is C15H20BrNO2. The number of ether oxygens (including phenoxy) is 1. The highest BCUT2D eigenvalue weighted by atomic mass is 79.9. The summed E-state index contributed by atoms with van der Waals surface area (Å²) >= 11 is 3.47. The zero-order chi connectivity index (χ0) is 14.0. The average Bonchev–Trinajstić information content (AvgIpc) is 2.72. The Hall–Kier alpha value is -1.03. The Morgan fingerprint density at radius 1 is 1.47 bits per heavy atom. The molecule has 104 valence electrons. The normalized spacial score (nSPS) is 19.3. The number of rotatable bonds is 4. The van der Waals surface area contributed by atoms with Gasteiger partial charge in [-0.05, 0) is 30.0 Å². The van der Waals surface area contributed by atoms with E-state index < -0.39 is 0 Å². The van der Waals surface area contributed by atoms with E-state index in [9.17, 15) is 4.79 Å². The SMILES string of the molecule is COc1ccc(Br)cc1CN1CC(C(C)C)CC1=O. The molecule has 0 radical (unpaired) electrons. The maximum atomic E-state index is 12.1. The molecule has 1 fully saturated rings. The molecule has 19 heavy (non-hydrogen) atoms. The Morgan fingerprint density at radius 2 is 2.21 bits per heavy atom. The van der Waals surface area contributed by atoms with Gasteiger partial charge in [0.05, 0.1) is 7.11 Å². The smallest absolute Gasteiger partial charge is 0.223 e. The minimum atomic E-state index is 0.251. The third-order valence-corrected chi connectivity index (χ3v) is 4.28. The van der Waals surface area contributed by atoms with Gasteiger partial charge in [-0.1, -0.05) is 29.8 Å². The van der Waals surface area contributed by atoms with Crippen LogP contribution >= 0.6 is 15.9 Å². The van der Waals surface area contributed by atoms with Gasteiger partial charge in [0.1, 0.15) is 5.75 Å². The van der Waals surface area contributed by atoms with Crippen LogP contribution < -0.4 is 4.74 Å². The summed E-state index contributed by atoms with van der Waals surface area (Å²) in [5, 5.41) is 0. The number of hydrogen-bond donors (Lipinski definition) is 0. The Morgan fingerprint density at radius 3 is 2.79 bits per heavy atom. The quantitative estimate of drug-likeness (QED) is 0.848. The van der Waals surface area contributed by atoms with Crippen LogP contribution in [0.15, 0.2) is 22.7 Å². The second kappa shape index (κ2) is 5.95. The molecule has 1 saturated heterocycles. The van der Waals surface area contributed by atoms with Crippen LogP contribution in [0.25, 0.3) is 0 Å². The van der Waals surface area contributed by atoms with E-state index in [-0.39, 0.29) is 5.91 Å². The van der Waals surface area contributed by atoms with E-state index in [0.717, 1.165) is 22.3 Å². The molecule has 0 spiro atoms. The van der Waals surface area contributed by atoms with Gasteiger partial charge in [-0.3, -0.25) is 4.79 Å². The van der Waals surface area contributed by atoms with Gasteiger partial charge in [0.15, 0.2) is 0 Å². The molecule has 0 aromatic heterocycles. The summed E-state index contributed by atoms with van der Waals surface area (Å²) in [5.41, 5.74) is 1.05. The molecule has 0 aliphatic carbocycles. The van der Waals surface area contributed by atoms with Crippen LogP contribution in [0.2, 0.25) is 0 Å². The second-order valence-corrected chi connectivity index (χ2v) is 6.35. The van der Waals surface area contributed by atoms with Crippen molar-refractivity contribution in [1.82, 2.24) is 4.90 Å². The average molecular weight is 326 g/mol. The molecule has 1 aliphatic heterocycles. The summed E-state index contributed by atoms with van der Waals surface area (Å²) in [7, 11) is 1.66. The highest BCUT2D eigenvalue weighted by molar-refractivity contribution is 9.10. The summed E-state index contributed by atoms with van der Waals surface area (Å²) in [6.07, 6.45) is 0.675. The van der Waals surface area contributed by atoms with Crippen molar-refractivity contribution in [2.24, 2.45) is 11.8 Å². The molecule has 3 nitrogen and oxygen atoms in total. The lowest BCUT2D eigenvalue weighted by Crippen LogP contribution is -2.25. The van der Waals surface area contributed by atoms with Crippen molar-refractivity contribution in [2.45, 2.75) is 26.8 Å². The fourth-order valence-corrected chi connectivity index (χ4v) is 2.89. The van der Waals surface area contributed by atoms with Crippen molar-refractivity contribution in [3.8, 4) is 5.75 Å². The first-order valence-corrected chi connectivity index (χ1v) is 7.40. The summed E-state index contributed by atoms with van der Waals surface area (Å²) < 4.78 is 6.37. The lowest BCUT2D eigenvalue weighted by atomic mass is 9.95. The summed E-state index contributed by atoms with van der Waals surface area (Å²) in [5.74, 6) is 2.12. The molecule has 4 heteroatoms. The first kappa shape index (κ1) is 14.4. The molecule has 2 rings (SSSR count). The highest BCUT2D eigenvalue weighted by Crippen LogP contribution is 2.29. The van der Waals surface area contributed by atoms with Crippen LogP contribution in [0.4, 0.5) is 0 Å². The summed E-state index contributed by atoms with van der Waals surface area (Å²) in [4.78, 5) is 14.0. The molecule has 1 amide bonds. The molecule has 0 bridgehead atoms. The highest BCUT2D eigenvalue weighted by Gasteiger charge is 2.31. The van der Waals surface area contributed by atoms with Gasteiger partial charge < -0.3 is 9.64 Å². The second-order valence-electron chi connectivity index (χ2n) is 5.44. The minimum Gasteiger partial charge on any atom is -0.496 e. The van der Waals surface area contributed by atoms with Crippen LogP contribution in [0.1, 0.15) is 25.8 Å². The van der Waals surface area contributed by atoms with Crippen molar-refractivity contribution < 1.29 is 9.53 Å². The fraction of sp³-hybridized carbons (Fsp3) is 0.533. The van der Waals surface area contributed by atoms with E-state index in [1.807, 2.05) is 23.1 Å². The summed E-state index contributed by atoms with van der Waals surface area (Å²) in [6, 6.07) is 5.90. The van der Waals surface area contributed by atoms with Crippen LogP contribution in [0.5, 0.6) is 5.75 Å². The van der Waals surface area contributed by atoms with Gasteiger partial charge in [0.25, 0.3) is 0 Å². The maximum Gasteiger partial charge on any atom is 0.223 e. The minimum absolute atomic E-state index is 0.251. The predicted octanol–water partition coefficient (Wildman–Crippen LogP) is 3.46. The van der Waals surface area contributed by atoms with Crippen LogP contribution in [-0.4, -0.2) is 24.5 Å². The van der Waals surface area contributed by atoms with Gasteiger partial charge in [-0.25, -0.2) is 0 Å². The predicted molar refractivity (Wildman–Crippen MR) is 79.1 cm³/mol. The van der Waals surface area contributed by atoms with E-state index in [2.05, 4.69) is 29.8 Å². The number of hydrogen-bond acceptors (Lipinski definition) is 2. The zero-order valence-electron chi connectivity index (χ0n) is 11.6. The lowest BCUT2D eigenvalue weighted by molar-refractivity contribution is -0.128. The molecular weight excluding hydrogens is 306 g/mol. The van der Waals surface area contributed by atoms with Crippen molar-refractivity contribution in [1.29, 1.82) is 0 Å². The number of methoxy groups -OCH3 is 1. The molecule has 0 N–H and O–H groups in total. The standard InChI is InChI=1S/C15H20BrNO2/c1-10(2)11-7-15(18)17(8-11)9-12-6-13(16)4-5-14(12)19-3/h4-6,10-11H,7-9H2,1-3H3. The monoisotopic (exact) mass is 325 g/mol. The first-order chi connectivity index (χ1) is 9.01. The molecule has 1 aliphatic rings. The van der Waals surface area contributed by atoms with Crippen molar-refractivity contribution >= 4 is 21.8 Å². The molecule has 1 unspecified atom stereocenters. The molecule has 1 atom stereocenters. The number of carbonyl (C=O) groups is 1. The Balaban J connectivity index is 2.13. The molecule has 1 aromatic rings. The molecule has 1 heterocycles. The lowest BCUT2D eigenvalue weighted by Gasteiger charge is -2.19. The summed E-state index contributed by atoms with van der Waals surface area (Å²) in [6.45, 7) is 5.85. The van der Waals surface area contributed by atoms with Gasteiger partial charge in [0, 0.05) is 29.5 Å². The number of halogens is 1. The molecule has 1 aromatic carbocycles. The van der Waals surface area contributed by atoms with Crippen molar-refractivity contribution in [2.75, 3.05) is 13.7 Å². The van der Waals surface area contributed by atoms with E-state index in [1.165, 1.54) is 0 Å². The van der Waals surface area contributed by atoms with Gasteiger partial charge >= 0.3 is 0 Å². The number of nitrogens with zero attached hydrogens (tertiary/aromatic N) is 1. The Kier molecular flexibility index (Phi) is 4.50. The van der Waals surface area contributed by atoms with Crippen molar-refractivity contribution in [3.63, 3.8) is 0 Å². The van der Waals surface area contributed by atoms with Gasteiger partial charge in [-0.2, -0.15) is 0 Å². The van der Waals surface area contributed by atoms with E-state index >= 15 is 0 Å². The van der Waals surface area contributed by atoms with Gasteiger partial charge in [0.2, 0.25) is 5.91 Å². The maximum absolute atomic E-state index is 12.1. The fourth-order valence-electron chi connectivity index (χ4n) is 2.48. The third kappa shape index (κ3) is 3.30. The third-order valence-electron chi connectivity index (χ3n) is 3.79.